The van der Waals surface area contributed by atoms with E-state index < -0.39 is 0 Å². The zero-order valence-electron chi connectivity index (χ0n) is 16.8. The molecule has 0 radical (unpaired) electrons. The summed E-state index contributed by atoms with van der Waals surface area (Å²) in [4.78, 5) is 20.4. The van der Waals surface area contributed by atoms with Gasteiger partial charge in [-0.1, -0.05) is 22.9 Å². The summed E-state index contributed by atoms with van der Waals surface area (Å²) in [6, 6.07) is 15.0. The van der Waals surface area contributed by atoms with E-state index in [1.807, 2.05) is 61.7 Å². The highest BCUT2D eigenvalue weighted by Gasteiger charge is 2.13. The number of aryl methyl sites for hydroxylation is 1. The van der Waals surface area contributed by atoms with Crippen LogP contribution in [0.2, 0.25) is 5.02 Å². The van der Waals surface area contributed by atoms with Gasteiger partial charge in [0.1, 0.15) is 5.52 Å². The van der Waals surface area contributed by atoms with Crippen molar-refractivity contribution in [2.45, 2.75) is 13.3 Å². The molecule has 2 aromatic carbocycles. The largest absolute Gasteiger partial charge is 0.361 e. The van der Waals surface area contributed by atoms with Crippen molar-refractivity contribution >= 4 is 39.6 Å². The molecule has 0 bridgehead atoms. The van der Waals surface area contributed by atoms with Crippen molar-refractivity contribution in [1.29, 1.82) is 0 Å². The number of nitrogens with zero attached hydrogens (tertiary/aromatic N) is 4. The van der Waals surface area contributed by atoms with Crippen LogP contribution in [0.4, 0.5) is 0 Å². The number of amides is 1. The Morgan fingerprint density at radius 1 is 1.19 bits per heavy atom. The highest BCUT2D eigenvalue weighted by atomic mass is 35.5. The minimum Gasteiger partial charge on any atom is -0.361 e. The molecule has 31 heavy (non-hydrogen) atoms. The van der Waals surface area contributed by atoms with Crippen LogP contribution in [0.5, 0.6) is 0 Å². The lowest BCUT2D eigenvalue weighted by atomic mass is 10.1. The van der Waals surface area contributed by atoms with Crippen LogP contribution >= 0.6 is 11.6 Å². The van der Waals surface area contributed by atoms with Crippen LogP contribution in [0.1, 0.15) is 21.5 Å². The summed E-state index contributed by atoms with van der Waals surface area (Å²) in [5, 5.41) is 13.1. The predicted octanol–water partition coefficient (Wildman–Crippen LogP) is 4.23. The predicted molar refractivity (Wildman–Crippen MR) is 121 cm³/mol. The summed E-state index contributed by atoms with van der Waals surface area (Å²) in [5.41, 5.74) is 5.81. The second kappa shape index (κ2) is 7.85. The number of H-pyrrole nitrogens is 1. The zero-order valence-corrected chi connectivity index (χ0v) is 17.5. The fourth-order valence-electron chi connectivity index (χ4n) is 3.68. The fourth-order valence-corrected chi connectivity index (χ4v) is 3.85. The van der Waals surface area contributed by atoms with Gasteiger partial charge in [-0.2, -0.15) is 4.68 Å². The quantitative estimate of drug-likeness (QED) is 0.436. The fraction of sp³-hybridized carbons (Fsp3) is 0.130. The van der Waals surface area contributed by atoms with Crippen LogP contribution in [-0.4, -0.2) is 37.4 Å². The molecule has 0 aliphatic carbocycles. The third-order valence-electron chi connectivity index (χ3n) is 5.32. The summed E-state index contributed by atoms with van der Waals surface area (Å²) < 4.78 is 1.66. The van der Waals surface area contributed by atoms with Gasteiger partial charge in [0.25, 0.3) is 5.91 Å². The van der Waals surface area contributed by atoms with Crippen molar-refractivity contribution in [3.8, 4) is 5.69 Å². The molecule has 0 saturated carbocycles. The van der Waals surface area contributed by atoms with Gasteiger partial charge < -0.3 is 10.3 Å². The SMILES string of the molecule is Cc1ccc(C(=O)NCCc2c[nH]c3ccc(Cl)cc23)cc1-n1nnc2cccnc21. The lowest BCUT2D eigenvalue weighted by Crippen LogP contribution is -2.25. The molecule has 0 atom stereocenters. The molecule has 1 amide bonds. The molecule has 8 heteroatoms. The number of hydrogen-bond acceptors (Lipinski definition) is 4. The van der Waals surface area contributed by atoms with E-state index in [0.29, 0.717) is 34.7 Å². The van der Waals surface area contributed by atoms with E-state index in [0.717, 1.165) is 27.7 Å². The Hall–Kier alpha value is -3.71. The maximum Gasteiger partial charge on any atom is 0.251 e. The van der Waals surface area contributed by atoms with Gasteiger partial charge in [0.2, 0.25) is 0 Å². The number of pyridine rings is 1. The third kappa shape index (κ3) is 3.64. The molecule has 3 heterocycles. The Morgan fingerprint density at radius 2 is 2.10 bits per heavy atom. The van der Waals surface area contributed by atoms with Gasteiger partial charge in [0.15, 0.2) is 5.65 Å². The smallest absolute Gasteiger partial charge is 0.251 e. The van der Waals surface area contributed by atoms with Gasteiger partial charge in [0, 0.05) is 40.4 Å². The number of nitrogens with one attached hydrogen (secondary N) is 2. The van der Waals surface area contributed by atoms with Crippen LogP contribution < -0.4 is 5.32 Å². The van der Waals surface area contributed by atoms with Crippen molar-refractivity contribution < 1.29 is 4.79 Å². The maximum atomic E-state index is 12.8. The Labute approximate surface area is 183 Å². The minimum absolute atomic E-state index is 0.142. The van der Waals surface area contributed by atoms with Gasteiger partial charge in [0.05, 0.1) is 5.69 Å². The second-order valence-electron chi connectivity index (χ2n) is 7.36. The normalized spacial score (nSPS) is 11.3. The first-order valence-electron chi connectivity index (χ1n) is 9.91. The van der Waals surface area contributed by atoms with E-state index in [-0.39, 0.29) is 5.91 Å². The summed E-state index contributed by atoms with van der Waals surface area (Å²) in [6.07, 6.45) is 4.36. The van der Waals surface area contributed by atoms with Gasteiger partial charge >= 0.3 is 0 Å². The molecule has 154 valence electrons. The number of rotatable bonds is 5. The molecule has 0 fully saturated rings. The van der Waals surface area contributed by atoms with E-state index in [9.17, 15) is 4.79 Å². The van der Waals surface area contributed by atoms with Gasteiger partial charge in [-0.3, -0.25) is 4.79 Å². The molecule has 0 aliphatic rings. The zero-order chi connectivity index (χ0) is 21.4. The number of fused-ring (bicyclic) bond motifs is 2. The van der Waals surface area contributed by atoms with Crippen LogP contribution in [0, 0.1) is 6.92 Å². The summed E-state index contributed by atoms with van der Waals surface area (Å²) in [5.74, 6) is -0.142. The van der Waals surface area contributed by atoms with Crippen LogP contribution in [-0.2, 0) is 6.42 Å². The van der Waals surface area contributed by atoms with E-state index in [2.05, 4.69) is 25.6 Å². The van der Waals surface area contributed by atoms with Crippen LogP contribution in [0.3, 0.4) is 0 Å². The van der Waals surface area contributed by atoms with Gasteiger partial charge in [-0.05, 0) is 66.9 Å². The Bertz CT molecular complexity index is 1420. The average Bonchev–Trinajstić information content (AvgIpc) is 3.38. The summed E-state index contributed by atoms with van der Waals surface area (Å²) >= 11 is 6.12. The second-order valence-corrected chi connectivity index (χ2v) is 7.79. The van der Waals surface area contributed by atoms with E-state index in [1.54, 1.807) is 10.9 Å². The van der Waals surface area contributed by atoms with Crippen molar-refractivity contribution in [3.05, 3.63) is 82.6 Å². The summed E-state index contributed by atoms with van der Waals surface area (Å²) in [7, 11) is 0. The van der Waals surface area contributed by atoms with Crippen molar-refractivity contribution in [3.63, 3.8) is 0 Å². The number of aromatic nitrogens is 5. The molecule has 2 N–H and O–H groups in total. The number of hydrogen-bond donors (Lipinski definition) is 2. The van der Waals surface area contributed by atoms with Crippen molar-refractivity contribution in [2.24, 2.45) is 0 Å². The van der Waals surface area contributed by atoms with E-state index >= 15 is 0 Å². The van der Waals surface area contributed by atoms with Crippen molar-refractivity contribution in [2.75, 3.05) is 6.54 Å². The first kappa shape index (κ1) is 19.3. The molecule has 0 aliphatic heterocycles. The lowest BCUT2D eigenvalue weighted by Gasteiger charge is -2.10. The van der Waals surface area contributed by atoms with Crippen LogP contribution in [0.25, 0.3) is 27.8 Å². The average molecular weight is 431 g/mol. The van der Waals surface area contributed by atoms with Crippen molar-refractivity contribution in [1.82, 2.24) is 30.3 Å². The molecular weight excluding hydrogens is 412 g/mol. The Kier molecular flexibility index (Phi) is 4.88. The molecule has 0 saturated heterocycles. The molecule has 5 aromatic rings. The van der Waals surface area contributed by atoms with E-state index in [4.69, 9.17) is 11.6 Å². The molecule has 0 unspecified atom stereocenters. The lowest BCUT2D eigenvalue weighted by molar-refractivity contribution is 0.0954. The maximum absolute atomic E-state index is 12.8. The highest BCUT2D eigenvalue weighted by molar-refractivity contribution is 6.31. The molecular formula is C23H19ClN6O. The van der Waals surface area contributed by atoms with Gasteiger partial charge in [-0.15, -0.1) is 5.10 Å². The standard InChI is InChI=1S/C23H19ClN6O/c1-14-4-5-15(11-21(14)30-22-20(28-29-30)3-2-9-25-22)23(31)26-10-8-16-13-27-19-7-6-17(24)12-18(16)19/h2-7,9,11-13,27H,8,10H2,1H3,(H,26,31). The Morgan fingerprint density at radius 3 is 3.00 bits per heavy atom. The summed E-state index contributed by atoms with van der Waals surface area (Å²) in [6.45, 7) is 2.48. The number of carbonyl (C=O) groups excluding carboxylic acids is 1. The monoisotopic (exact) mass is 430 g/mol. The van der Waals surface area contributed by atoms with E-state index in [1.165, 1.54) is 0 Å². The first-order chi connectivity index (χ1) is 15.1. The number of aromatic amines is 1. The number of benzene rings is 2. The molecule has 5 rings (SSSR count). The van der Waals surface area contributed by atoms with Crippen LogP contribution in [0.15, 0.2) is 60.9 Å². The van der Waals surface area contributed by atoms with Gasteiger partial charge in [-0.25, -0.2) is 4.98 Å². The molecule has 7 nitrogen and oxygen atoms in total. The number of halogens is 1. The topological polar surface area (TPSA) is 88.5 Å². The molecule has 3 aromatic heterocycles. The molecule has 0 spiro atoms. The Balaban J connectivity index is 1.34. The highest BCUT2D eigenvalue weighted by Crippen LogP contribution is 2.23. The number of carbonyl (C=O) groups is 1. The minimum atomic E-state index is -0.142. The first-order valence-corrected chi connectivity index (χ1v) is 10.3. The third-order valence-corrected chi connectivity index (χ3v) is 5.55.